The molecule has 1 aromatic carbocycles. The minimum Gasteiger partial charge on any atom is -0.461 e. The van der Waals surface area contributed by atoms with Gasteiger partial charge in [-0.05, 0) is 50.1 Å². The predicted octanol–water partition coefficient (Wildman–Crippen LogP) is 4.39. The van der Waals surface area contributed by atoms with Crippen molar-refractivity contribution in [3.05, 3.63) is 54.0 Å². The van der Waals surface area contributed by atoms with E-state index < -0.39 is 0 Å². The van der Waals surface area contributed by atoms with Crippen molar-refractivity contribution in [2.45, 2.75) is 32.2 Å². The van der Waals surface area contributed by atoms with Crippen LogP contribution < -0.4 is 0 Å². The van der Waals surface area contributed by atoms with Gasteiger partial charge >= 0.3 is 0 Å². The summed E-state index contributed by atoms with van der Waals surface area (Å²) in [4.78, 5) is 6.72. The maximum Gasteiger partial charge on any atom is 0.134 e. The fraction of sp³-hybridized carbons (Fsp3) is 0.333. The van der Waals surface area contributed by atoms with Gasteiger partial charge in [-0.3, -0.25) is 4.98 Å². The Morgan fingerprint density at radius 2 is 2.24 bits per heavy atom. The summed E-state index contributed by atoms with van der Waals surface area (Å²) in [6.07, 6.45) is 6.91. The molecule has 3 aromatic rings. The smallest absolute Gasteiger partial charge is 0.134 e. The van der Waals surface area contributed by atoms with Crippen molar-refractivity contribution in [1.29, 1.82) is 5.26 Å². The molecule has 0 radical (unpaired) electrons. The topological polar surface area (TPSA) is 53.1 Å². The van der Waals surface area contributed by atoms with E-state index in [9.17, 15) is 0 Å². The second kappa shape index (κ2) is 6.70. The summed E-state index contributed by atoms with van der Waals surface area (Å²) in [6.45, 7) is 4.54. The van der Waals surface area contributed by atoms with Crippen LogP contribution in [0.2, 0.25) is 0 Å². The van der Waals surface area contributed by atoms with E-state index in [4.69, 9.17) is 9.68 Å². The summed E-state index contributed by atoms with van der Waals surface area (Å²) >= 11 is 0. The first-order valence-corrected chi connectivity index (χ1v) is 8.85. The molecule has 0 N–H and O–H groups in total. The Bertz CT molecular complexity index is 938. The molecule has 4 heteroatoms. The van der Waals surface area contributed by atoms with Gasteiger partial charge in [-0.25, -0.2) is 0 Å². The summed E-state index contributed by atoms with van der Waals surface area (Å²) in [5.74, 6) is 1.02. The number of aromatic nitrogens is 1. The molecule has 0 amide bonds. The lowest BCUT2D eigenvalue weighted by Gasteiger charge is -2.19. The Labute approximate surface area is 147 Å². The quantitative estimate of drug-likeness (QED) is 0.711. The third kappa shape index (κ3) is 3.16. The highest BCUT2D eigenvalue weighted by Crippen LogP contribution is 2.31. The van der Waals surface area contributed by atoms with Crippen molar-refractivity contribution < 1.29 is 4.42 Å². The third-order valence-corrected chi connectivity index (χ3v) is 5.13. The van der Waals surface area contributed by atoms with Gasteiger partial charge in [-0.2, -0.15) is 5.26 Å². The average Bonchev–Trinajstić information content (AvgIpc) is 3.25. The zero-order valence-electron chi connectivity index (χ0n) is 14.4. The summed E-state index contributed by atoms with van der Waals surface area (Å²) in [7, 11) is 0. The predicted molar refractivity (Wildman–Crippen MR) is 98.1 cm³/mol. The normalized spacial score (nSPS) is 17.8. The van der Waals surface area contributed by atoms with Crippen molar-refractivity contribution in [1.82, 2.24) is 9.88 Å². The Hall–Kier alpha value is -2.64. The Balaban J connectivity index is 1.63. The van der Waals surface area contributed by atoms with E-state index in [1.165, 1.54) is 19.4 Å². The van der Waals surface area contributed by atoms with Crippen LogP contribution in [0.5, 0.6) is 0 Å². The molecular weight excluding hydrogens is 310 g/mol. The van der Waals surface area contributed by atoms with E-state index in [0.717, 1.165) is 40.8 Å². The molecule has 1 aliphatic heterocycles. The molecule has 3 heterocycles. The largest absolute Gasteiger partial charge is 0.461 e. The first kappa shape index (κ1) is 15.9. The zero-order chi connectivity index (χ0) is 17.2. The molecule has 1 aliphatic rings. The minimum absolute atomic E-state index is 0.571. The van der Waals surface area contributed by atoms with Crippen LogP contribution in [0.4, 0.5) is 0 Å². The van der Waals surface area contributed by atoms with Gasteiger partial charge in [0.2, 0.25) is 0 Å². The van der Waals surface area contributed by atoms with Gasteiger partial charge < -0.3 is 9.32 Å². The summed E-state index contributed by atoms with van der Waals surface area (Å²) in [5.41, 5.74) is 3.47. The monoisotopic (exact) mass is 331 g/mol. The van der Waals surface area contributed by atoms with E-state index >= 15 is 0 Å². The van der Waals surface area contributed by atoms with Gasteiger partial charge in [-0.1, -0.05) is 12.1 Å². The molecule has 4 nitrogen and oxygen atoms in total. The number of nitrogens with zero attached hydrogens (tertiary/aromatic N) is 3. The van der Waals surface area contributed by atoms with E-state index in [2.05, 4.69) is 35.0 Å². The van der Waals surface area contributed by atoms with Crippen LogP contribution in [-0.4, -0.2) is 29.0 Å². The molecule has 0 bridgehead atoms. The summed E-state index contributed by atoms with van der Waals surface area (Å²) in [5, 5.41) is 10.2. The molecule has 1 saturated heterocycles. The molecule has 25 heavy (non-hydrogen) atoms. The maximum absolute atomic E-state index is 9.11. The van der Waals surface area contributed by atoms with Crippen LogP contribution in [0.3, 0.4) is 0 Å². The molecule has 1 atom stereocenters. The lowest BCUT2D eigenvalue weighted by atomic mass is 10.0. The number of likely N-dealkylation sites (tertiary alicyclic amines) is 1. The van der Waals surface area contributed by atoms with Crippen molar-refractivity contribution in [2.75, 3.05) is 13.1 Å². The van der Waals surface area contributed by atoms with Crippen LogP contribution in [0.15, 0.2) is 47.1 Å². The number of nitriles is 1. The number of furan rings is 1. The van der Waals surface area contributed by atoms with Crippen molar-refractivity contribution in [3.8, 4) is 17.2 Å². The highest BCUT2D eigenvalue weighted by molar-refractivity contribution is 5.94. The number of rotatable bonds is 4. The summed E-state index contributed by atoms with van der Waals surface area (Å²) in [6, 6.07) is 12.9. The molecule has 2 aromatic heterocycles. The number of benzene rings is 1. The fourth-order valence-electron chi connectivity index (χ4n) is 3.72. The molecule has 0 aliphatic carbocycles. The minimum atomic E-state index is 0.571. The third-order valence-electron chi connectivity index (χ3n) is 5.13. The van der Waals surface area contributed by atoms with Gasteiger partial charge in [0.15, 0.2) is 0 Å². The molecule has 0 unspecified atom stereocenters. The number of hydrogen-bond donors (Lipinski definition) is 0. The average molecular weight is 331 g/mol. The molecule has 1 fully saturated rings. The highest BCUT2D eigenvalue weighted by atomic mass is 16.3. The van der Waals surface area contributed by atoms with Crippen molar-refractivity contribution >= 4 is 11.0 Å². The molecule has 4 rings (SSSR count). The van der Waals surface area contributed by atoms with Crippen LogP contribution in [0.25, 0.3) is 22.1 Å². The SMILES string of the molecule is C[C@@H]1CCCN1CCc1cc2c(-c3cncc(C#N)c3)cccc2o1. The van der Waals surface area contributed by atoms with E-state index in [1.807, 2.05) is 18.2 Å². The van der Waals surface area contributed by atoms with Crippen molar-refractivity contribution in [2.24, 2.45) is 0 Å². The Morgan fingerprint density at radius 3 is 3.04 bits per heavy atom. The first-order valence-electron chi connectivity index (χ1n) is 8.85. The second-order valence-electron chi connectivity index (χ2n) is 6.78. The van der Waals surface area contributed by atoms with E-state index in [0.29, 0.717) is 11.6 Å². The van der Waals surface area contributed by atoms with E-state index in [-0.39, 0.29) is 0 Å². The van der Waals surface area contributed by atoms with Crippen LogP contribution in [0.1, 0.15) is 31.1 Å². The zero-order valence-corrected chi connectivity index (χ0v) is 14.4. The molecule has 0 spiro atoms. The van der Waals surface area contributed by atoms with Crippen LogP contribution in [0, 0.1) is 11.3 Å². The Kier molecular flexibility index (Phi) is 4.25. The van der Waals surface area contributed by atoms with Gasteiger partial charge in [0, 0.05) is 42.4 Å². The van der Waals surface area contributed by atoms with E-state index in [1.54, 1.807) is 12.4 Å². The van der Waals surface area contributed by atoms with Gasteiger partial charge in [0.05, 0.1) is 5.56 Å². The molecular formula is C21H21N3O. The Morgan fingerprint density at radius 1 is 1.32 bits per heavy atom. The fourth-order valence-corrected chi connectivity index (χ4v) is 3.72. The lowest BCUT2D eigenvalue weighted by Crippen LogP contribution is -2.28. The first-order chi connectivity index (χ1) is 12.2. The maximum atomic E-state index is 9.11. The van der Waals surface area contributed by atoms with Crippen LogP contribution in [-0.2, 0) is 6.42 Å². The second-order valence-corrected chi connectivity index (χ2v) is 6.78. The van der Waals surface area contributed by atoms with Gasteiger partial charge in [-0.15, -0.1) is 0 Å². The number of hydrogen-bond acceptors (Lipinski definition) is 4. The number of fused-ring (bicyclic) bond motifs is 1. The standard InChI is InChI=1S/C21H21N3O/c1-15-4-3-8-24(15)9-7-18-11-20-19(5-2-6-21(20)25-18)17-10-16(12-22)13-23-14-17/h2,5-6,10-11,13-15H,3-4,7-9H2,1H3/t15-/m1/s1. The van der Waals surface area contributed by atoms with Gasteiger partial charge in [0.1, 0.15) is 17.4 Å². The highest BCUT2D eigenvalue weighted by Gasteiger charge is 2.20. The van der Waals surface area contributed by atoms with Gasteiger partial charge in [0.25, 0.3) is 0 Å². The van der Waals surface area contributed by atoms with Crippen LogP contribution >= 0.6 is 0 Å². The lowest BCUT2D eigenvalue weighted by molar-refractivity contribution is 0.266. The van der Waals surface area contributed by atoms with Crippen molar-refractivity contribution in [3.63, 3.8) is 0 Å². The number of pyridine rings is 1. The molecule has 0 saturated carbocycles. The summed E-state index contributed by atoms with van der Waals surface area (Å²) < 4.78 is 6.07. The molecule has 126 valence electrons.